The number of amides is 2. The number of tetrazole rings is 1. The van der Waals surface area contributed by atoms with Crippen LogP contribution < -0.4 is 21.5 Å². The molecule has 216 valence electrons. The van der Waals surface area contributed by atoms with Crippen LogP contribution in [0.1, 0.15) is 30.1 Å². The fraction of sp³-hybridized carbons (Fsp3) is 0.250. The molecule has 4 N–H and O–H groups in total. The van der Waals surface area contributed by atoms with Gasteiger partial charge in [0.2, 0.25) is 5.91 Å². The van der Waals surface area contributed by atoms with Crippen molar-refractivity contribution in [2.45, 2.75) is 18.9 Å². The van der Waals surface area contributed by atoms with Gasteiger partial charge < -0.3 is 15.4 Å². The maximum absolute atomic E-state index is 13.2. The van der Waals surface area contributed by atoms with Crippen LogP contribution in [0, 0.1) is 5.92 Å². The molecular formula is C28H28ClN9O4. The summed E-state index contributed by atoms with van der Waals surface area (Å²) >= 11 is 6.21. The number of hydrogen-bond donors (Lipinski definition) is 4. The average molecular weight is 590 g/mol. The summed E-state index contributed by atoms with van der Waals surface area (Å²) in [5.41, 5.74) is 2.97. The second-order valence-corrected chi connectivity index (χ2v) is 10.1. The van der Waals surface area contributed by atoms with Gasteiger partial charge in [-0.2, -0.15) is 9.78 Å². The SMILES string of the molecule is COC(=O)Nc1ccc(-c2cc([C@H](CC3CCNC3)NC(=O)/C=C/c3cc(Cl)ccc3-n3cnnn3)n[nH]c2=O)cc1. The zero-order chi connectivity index (χ0) is 29.5. The third-order valence-corrected chi connectivity index (χ3v) is 7.09. The van der Waals surface area contributed by atoms with Gasteiger partial charge in [-0.15, -0.1) is 5.10 Å². The van der Waals surface area contributed by atoms with Gasteiger partial charge in [-0.3, -0.25) is 14.9 Å². The Kier molecular flexibility index (Phi) is 8.99. The smallest absolute Gasteiger partial charge is 0.411 e. The number of methoxy groups -OCH3 is 1. The van der Waals surface area contributed by atoms with Crippen LogP contribution in [0.4, 0.5) is 10.5 Å². The zero-order valence-corrected chi connectivity index (χ0v) is 23.3. The summed E-state index contributed by atoms with van der Waals surface area (Å²) in [5.74, 6) is -0.0270. The van der Waals surface area contributed by atoms with E-state index in [0.29, 0.717) is 51.1 Å². The zero-order valence-electron chi connectivity index (χ0n) is 22.6. The molecule has 0 radical (unpaired) electrons. The molecule has 3 heterocycles. The van der Waals surface area contributed by atoms with Gasteiger partial charge in [0, 0.05) is 22.3 Å². The molecule has 14 heteroatoms. The Labute approximate surface area is 245 Å². The van der Waals surface area contributed by atoms with Crippen LogP contribution in [0.25, 0.3) is 22.9 Å². The van der Waals surface area contributed by atoms with Crippen molar-refractivity contribution in [3.8, 4) is 16.8 Å². The number of benzene rings is 2. The molecule has 2 aromatic carbocycles. The lowest BCUT2D eigenvalue weighted by molar-refractivity contribution is -0.117. The molecule has 2 aromatic heterocycles. The number of aromatic nitrogens is 6. The van der Waals surface area contributed by atoms with Crippen LogP contribution in [-0.2, 0) is 9.53 Å². The number of H-pyrrole nitrogens is 1. The standard InChI is InChI=1S/C28H28ClN9O4/c1-42-28(41)32-21-6-2-18(3-7-21)22-14-24(34-35-27(22)40)23(12-17-10-11-30-15-17)33-26(39)9-4-19-13-20(29)5-8-25(19)38-16-31-36-37-38/h2-9,13-14,16-17,23,30H,10-12,15H2,1H3,(H,32,41)(H,33,39)(H,35,40)/b9-4+/t17?,23-/m0/s1. The lowest BCUT2D eigenvalue weighted by Crippen LogP contribution is -2.31. The maximum atomic E-state index is 13.2. The highest BCUT2D eigenvalue weighted by atomic mass is 35.5. The molecule has 2 amide bonds. The van der Waals surface area contributed by atoms with Crippen LogP contribution in [0.2, 0.25) is 5.02 Å². The van der Waals surface area contributed by atoms with E-state index in [-0.39, 0.29) is 11.5 Å². The highest BCUT2D eigenvalue weighted by Crippen LogP contribution is 2.27. The molecule has 0 bridgehead atoms. The average Bonchev–Trinajstić information content (AvgIpc) is 3.72. The van der Waals surface area contributed by atoms with Crippen LogP contribution in [-0.4, -0.2) is 62.6 Å². The van der Waals surface area contributed by atoms with Crippen molar-refractivity contribution in [1.82, 2.24) is 41.0 Å². The Hall–Kier alpha value is -4.88. The van der Waals surface area contributed by atoms with Crippen molar-refractivity contribution in [3.05, 3.63) is 87.6 Å². The third-order valence-electron chi connectivity index (χ3n) is 6.86. The molecule has 4 aromatic rings. The van der Waals surface area contributed by atoms with Gasteiger partial charge in [0.1, 0.15) is 6.33 Å². The number of aromatic amines is 1. The fourth-order valence-electron chi connectivity index (χ4n) is 4.74. The largest absolute Gasteiger partial charge is 0.453 e. The van der Waals surface area contributed by atoms with E-state index in [1.807, 2.05) is 0 Å². The summed E-state index contributed by atoms with van der Waals surface area (Å²) in [4.78, 5) is 37.4. The van der Waals surface area contributed by atoms with Gasteiger partial charge in [0.05, 0.1) is 30.1 Å². The number of ether oxygens (including phenoxy) is 1. The Morgan fingerprint density at radius 1 is 1.21 bits per heavy atom. The number of anilines is 1. The third kappa shape index (κ3) is 7.06. The molecule has 5 rings (SSSR count). The first-order chi connectivity index (χ1) is 20.4. The topological polar surface area (TPSA) is 169 Å². The van der Waals surface area contributed by atoms with Gasteiger partial charge in [0.25, 0.3) is 5.56 Å². The molecule has 0 aliphatic carbocycles. The second kappa shape index (κ2) is 13.2. The predicted octanol–water partition coefficient (Wildman–Crippen LogP) is 3.11. The van der Waals surface area contributed by atoms with Gasteiger partial charge >= 0.3 is 6.09 Å². The molecule has 0 saturated carbocycles. The molecule has 1 unspecified atom stereocenters. The Bertz CT molecular complexity index is 1630. The van der Waals surface area contributed by atoms with Gasteiger partial charge in [-0.25, -0.2) is 9.89 Å². The van der Waals surface area contributed by atoms with Crippen LogP contribution >= 0.6 is 11.6 Å². The number of nitrogens with zero attached hydrogens (tertiary/aromatic N) is 5. The summed E-state index contributed by atoms with van der Waals surface area (Å²) in [6.45, 7) is 1.72. The number of nitrogens with one attached hydrogen (secondary N) is 4. The van der Waals surface area contributed by atoms with E-state index in [9.17, 15) is 14.4 Å². The molecule has 2 atom stereocenters. The molecule has 42 heavy (non-hydrogen) atoms. The number of halogens is 1. The molecule has 0 spiro atoms. The Morgan fingerprint density at radius 2 is 2.05 bits per heavy atom. The van der Waals surface area contributed by atoms with Crippen LogP contribution in [0.5, 0.6) is 0 Å². The first kappa shape index (κ1) is 28.6. The second-order valence-electron chi connectivity index (χ2n) is 9.68. The van der Waals surface area contributed by atoms with E-state index in [1.165, 1.54) is 24.2 Å². The highest BCUT2D eigenvalue weighted by Gasteiger charge is 2.24. The van der Waals surface area contributed by atoms with Crippen molar-refractivity contribution >= 4 is 35.4 Å². The highest BCUT2D eigenvalue weighted by molar-refractivity contribution is 6.30. The lowest BCUT2D eigenvalue weighted by Gasteiger charge is -2.21. The minimum Gasteiger partial charge on any atom is -0.453 e. The van der Waals surface area contributed by atoms with Gasteiger partial charge in [0.15, 0.2) is 0 Å². The summed E-state index contributed by atoms with van der Waals surface area (Å²) in [7, 11) is 1.28. The molecule has 1 aliphatic heterocycles. The number of carbonyl (C=O) groups excluding carboxylic acids is 2. The van der Waals surface area contributed by atoms with Crippen LogP contribution in [0.3, 0.4) is 0 Å². The molecule has 1 fully saturated rings. The van der Waals surface area contributed by atoms with Crippen molar-refractivity contribution in [2.75, 3.05) is 25.5 Å². The number of rotatable bonds is 9. The minimum atomic E-state index is -0.595. The fourth-order valence-corrected chi connectivity index (χ4v) is 4.92. The van der Waals surface area contributed by atoms with Crippen molar-refractivity contribution in [3.63, 3.8) is 0 Å². The number of hydrogen-bond acceptors (Lipinski definition) is 9. The van der Waals surface area contributed by atoms with E-state index < -0.39 is 12.1 Å². The quantitative estimate of drug-likeness (QED) is 0.214. The molecular weight excluding hydrogens is 562 g/mol. The van der Waals surface area contributed by atoms with E-state index >= 15 is 0 Å². The summed E-state index contributed by atoms with van der Waals surface area (Å²) in [5, 5.41) is 27.6. The maximum Gasteiger partial charge on any atom is 0.411 e. The summed E-state index contributed by atoms with van der Waals surface area (Å²) < 4.78 is 6.09. The van der Waals surface area contributed by atoms with E-state index in [2.05, 4.69) is 46.4 Å². The molecule has 1 saturated heterocycles. The minimum absolute atomic E-state index is 0.319. The Morgan fingerprint density at radius 3 is 2.76 bits per heavy atom. The van der Waals surface area contributed by atoms with Gasteiger partial charge in [-0.05, 0) is 90.3 Å². The van der Waals surface area contributed by atoms with Crippen LogP contribution in [0.15, 0.2) is 65.7 Å². The van der Waals surface area contributed by atoms with E-state index in [1.54, 1.807) is 54.6 Å². The molecule has 1 aliphatic rings. The lowest BCUT2D eigenvalue weighted by atomic mass is 9.95. The summed E-state index contributed by atoms with van der Waals surface area (Å²) in [6.07, 6.45) is 5.50. The Balaban J connectivity index is 1.39. The van der Waals surface area contributed by atoms with E-state index in [4.69, 9.17) is 11.6 Å². The predicted molar refractivity (Wildman–Crippen MR) is 156 cm³/mol. The summed E-state index contributed by atoms with van der Waals surface area (Å²) in [6, 6.07) is 13.2. The van der Waals surface area contributed by atoms with Crippen molar-refractivity contribution in [2.24, 2.45) is 5.92 Å². The first-order valence-electron chi connectivity index (χ1n) is 13.2. The van der Waals surface area contributed by atoms with Crippen molar-refractivity contribution < 1.29 is 14.3 Å². The monoisotopic (exact) mass is 589 g/mol. The first-order valence-corrected chi connectivity index (χ1v) is 13.5. The number of carbonyl (C=O) groups is 2. The normalized spacial score (nSPS) is 15.4. The van der Waals surface area contributed by atoms with E-state index in [0.717, 1.165) is 19.5 Å². The van der Waals surface area contributed by atoms with Gasteiger partial charge in [-0.1, -0.05) is 23.7 Å². The molecule has 13 nitrogen and oxygen atoms in total. The van der Waals surface area contributed by atoms with Crippen molar-refractivity contribution in [1.29, 1.82) is 0 Å².